The third-order valence-corrected chi connectivity index (χ3v) is 9.89. The number of nitrogens with zero attached hydrogens (tertiary/aromatic N) is 1. The van der Waals surface area contributed by atoms with Gasteiger partial charge in [0.15, 0.2) is 17.7 Å². The van der Waals surface area contributed by atoms with Crippen molar-refractivity contribution in [2.75, 3.05) is 27.2 Å². The van der Waals surface area contributed by atoms with Crippen LogP contribution in [0.15, 0.2) is 12.7 Å². The highest BCUT2D eigenvalue weighted by molar-refractivity contribution is 6.00. The number of cyclic esters (lactones) is 1. The number of ketones is 1. The summed E-state index contributed by atoms with van der Waals surface area (Å²) in [4.78, 5) is 42.1. The van der Waals surface area contributed by atoms with E-state index in [9.17, 15) is 19.5 Å². The number of Topliss-reactive ketones (excluding diaryl/α,β-unsaturated/α-hetero) is 1. The molecule has 0 aromatic carbocycles. The third-order valence-electron chi connectivity index (χ3n) is 9.89. The summed E-state index contributed by atoms with van der Waals surface area (Å²) in [5, 5.41) is 17.8. The van der Waals surface area contributed by atoms with Gasteiger partial charge in [-0.3, -0.25) is 9.59 Å². The molecule has 3 aliphatic rings. The largest absolute Gasteiger partial charge is 0.458 e. The van der Waals surface area contributed by atoms with E-state index in [-0.39, 0.29) is 30.7 Å². The van der Waals surface area contributed by atoms with Crippen molar-refractivity contribution in [1.29, 1.82) is 0 Å². The number of aliphatic hydroxyl groups is 1. The Hall–Kier alpha value is -2.09. The number of nitrogens with one attached hydrogen (secondary N) is 2. The first-order chi connectivity index (χ1) is 21.0. The molecule has 13 atom stereocenters. The van der Waals surface area contributed by atoms with Crippen LogP contribution in [-0.4, -0.2) is 115 Å². The van der Waals surface area contributed by atoms with Crippen molar-refractivity contribution < 1.29 is 43.2 Å². The maximum atomic E-state index is 14.1. The van der Waals surface area contributed by atoms with Gasteiger partial charge in [0.2, 0.25) is 0 Å². The second-order valence-corrected chi connectivity index (χ2v) is 14.0. The summed E-state index contributed by atoms with van der Waals surface area (Å²) in [6.07, 6.45) is -1.42. The van der Waals surface area contributed by atoms with E-state index in [1.165, 1.54) is 6.92 Å². The molecule has 3 N–H and O–H groups in total. The van der Waals surface area contributed by atoms with Gasteiger partial charge in [-0.15, -0.1) is 6.58 Å². The Bertz CT molecular complexity index is 1060. The van der Waals surface area contributed by atoms with Gasteiger partial charge in [0.1, 0.15) is 18.1 Å². The van der Waals surface area contributed by atoms with Crippen molar-refractivity contribution in [2.45, 2.75) is 135 Å². The summed E-state index contributed by atoms with van der Waals surface area (Å²) in [5.74, 6) is -3.11. The fourth-order valence-electron chi connectivity index (χ4n) is 7.32. The van der Waals surface area contributed by atoms with Crippen LogP contribution in [0.3, 0.4) is 0 Å². The van der Waals surface area contributed by atoms with E-state index in [1.807, 2.05) is 46.7 Å². The maximum Gasteiger partial charge on any atom is 0.408 e. The summed E-state index contributed by atoms with van der Waals surface area (Å²) in [6.45, 7) is 19.2. The summed E-state index contributed by atoms with van der Waals surface area (Å²) >= 11 is 0. The molecule has 0 aliphatic carbocycles. The minimum absolute atomic E-state index is 0.00740. The van der Waals surface area contributed by atoms with Gasteiger partial charge < -0.3 is 44.3 Å². The molecule has 3 saturated heterocycles. The van der Waals surface area contributed by atoms with Gasteiger partial charge >= 0.3 is 12.1 Å². The molecule has 0 saturated carbocycles. The Morgan fingerprint density at radius 1 is 1.13 bits per heavy atom. The van der Waals surface area contributed by atoms with Crippen molar-refractivity contribution in [1.82, 2.24) is 15.5 Å². The quantitative estimate of drug-likeness (QED) is 0.215. The molecule has 4 unspecified atom stereocenters. The molecule has 45 heavy (non-hydrogen) atoms. The highest BCUT2D eigenvalue weighted by Gasteiger charge is 2.55. The summed E-state index contributed by atoms with van der Waals surface area (Å²) < 4.78 is 30.9. The smallest absolute Gasteiger partial charge is 0.408 e. The summed E-state index contributed by atoms with van der Waals surface area (Å²) in [7, 11) is 3.79. The zero-order valence-corrected chi connectivity index (χ0v) is 28.8. The number of fused-ring (bicyclic) bond motifs is 1. The Balaban J connectivity index is 2.07. The fourth-order valence-corrected chi connectivity index (χ4v) is 7.32. The Labute approximate surface area is 268 Å². The van der Waals surface area contributed by atoms with Crippen LogP contribution in [0.5, 0.6) is 0 Å². The van der Waals surface area contributed by atoms with Crippen LogP contribution < -0.4 is 10.6 Å². The highest BCUT2D eigenvalue weighted by atomic mass is 16.7. The molecule has 0 radical (unpaired) electrons. The molecule has 0 spiro atoms. The summed E-state index contributed by atoms with van der Waals surface area (Å²) in [5.41, 5.74) is -2.22. The van der Waals surface area contributed by atoms with E-state index in [1.54, 1.807) is 19.9 Å². The predicted octanol–water partition coefficient (Wildman–Crippen LogP) is 2.81. The molecule has 0 bridgehead atoms. The molecule has 3 aliphatic heterocycles. The lowest BCUT2D eigenvalue weighted by Crippen LogP contribution is -2.60. The Kier molecular flexibility index (Phi) is 12.6. The van der Waals surface area contributed by atoms with Gasteiger partial charge in [-0.25, -0.2) is 4.79 Å². The molecule has 12 heteroatoms. The molecule has 258 valence electrons. The molecule has 0 aromatic rings. The van der Waals surface area contributed by atoms with E-state index in [0.717, 1.165) is 0 Å². The van der Waals surface area contributed by atoms with E-state index in [4.69, 9.17) is 23.7 Å². The predicted molar refractivity (Wildman–Crippen MR) is 168 cm³/mol. The van der Waals surface area contributed by atoms with E-state index in [0.29, 0.717) is 25.8 Å². The SMILES string of the molecule is C=CCO[C@]1(C)C[C@@H](C)CN[C@H](C)[C@H]2NC(=O)O[C@]2(C)[C@@H](CC)OC(=O)C(C)C(=O)[C@H](C)[C@H]1O[C@@H]1OC(C)CC(N(C)C)C1O. The van der Waals surface area contributed by atoms with Crippen LogP contribution in [-0.2, 0) is 33.3 Å². The van der Waals surface area contributed by atoms with Crippen molar-refractivity contribution in [3.63, 3.8) is 0 Å². The number of rotatable bonds is 7. The van der Waals surface area contributed by atoms with Crippen molar-refractivity contribution in [3.8, 4) is 0 Å². The second-order valence-electron chi connectivity index (χ2n) is 14.0. The van der Waals surface area contributed by atoms with Crippen molar-refractivity contribution in [2.24, 2.45) is 17.8 Å². The number of likely N-dealkylation sites (N-methyl/N-ethyl adjacent to an activating group) is 1. The van der Waals surface area contributed by atoms with Gasteiger partial charge in [0.05, 0.1) is 30.5 Å². The molecule has 3 rings (SSSR count). The number of amides is 1. The van der Waals surface area contributed by atoms with Crippen molar-refractivity contribution >= 4 is 17.8 Å². The van der Waals surface area contributed by atoms with Gasteiger partial charge in [0, 0.05) is 18.0 Å². The van der Waals surface area contributed by atoms with Crippen molar-refractivity contribution in [3.05, 3.63) is 12.7 Å². The first-order valence-corrected chi connectivity index (χ1v) is 16.4. The first kappa shape index (κ1) is 37.4. The standard InChI is InChI=1S/C33H57N3O9/c1-12-14-41-32(8)16-18(3)17-34-22(7)27-33(9,45-31(40)35-27)24(13-2)43-29(39)21(6)25(37)20(5)28(32)44-30-26(38)23(36(10)11)15-19(4)42-30/h12,18-24,26-28,30,34,38H,1,13-17H2,2-11H3,(H,35,40)/t18-,19?,20+,21?,22-,23?,24-,26?,27-,28-,30+,32-,33-/m1/s1. The molecule has 3 fully saturated rings. The molecular weight excluding hydrogens is 582 g/mol. The highest BCUT2D eigenvalue weighted by Crippen LogP contribution is 2.38. The molecule has 1 amide bonds. The number of ether oxygens (including phenoxy) is 5. The number of esters is 1. The van der Waals surface area contributed by atoms with Crippen LogP contribution >= 0.6 is 0 Å². The first-order valence-electron chi connectivity index (χ1n) is 16.4. The number of hydrogen-bond donors (Lipinski definition) is 3. The van der Waals surface area contributed by atoms with Gasteiger partial charge in [0.25, 0.3) is 0 Å². The maximum absolute atomic E-state index is 14.1. The van der Waals surface area contributed by atoms with Gasteiger partial charge in [-0.05, 0) is 80.4 Å². The number of aliphatic hydroxyl groups excluding tert-OH is 1. The zero-order chi connectivity index (χ0) is 33.9. The van der Waals surface area contributed by atoms with Gasteiger partial charge in [-0.1, -0.05) is 26.8 Å². The van der Waals surface area contributed by atoms with E-state index < -0.39 is 71.5 Å². The van der Waals surface area contributed by atoms with Crippen LogP contribution in [0.4, 0.5) is 4.79 Å². The minimum atomic E-state index is -1.16. The average Bonchev–Trinajstić information content (AvgIpc) is 3.30. The average molecular weight is 640 g/mol. The van der Waals surface area contributed by atoms with Crippen LogP contribution in [0.2, 0.25) is 0 Å². The number of carbonyl (C=O) groups excluding carboxylic acids is 3. The van der Waals surface area contributed by atoms with Crippen LogP contribution in [0.25, 0.3) is 0 Å². The fraction of sp³-hybridized carbons (Fsp3) is 0.848. The normalized spacial score (nSPS) is 43.8. The number of alkyl carbamates (subject to hydrolysis) is 1. The molecule has 12 nitrogen and oxygen atoms in total. The molecule has 0 aromatic heterocycles. The van der Waals surface area contributed by atoms with Gasteiger partial charge in [-0.2, -0.15) is 0 Å². The van der Waals surface area contributed by atoms with Crippen LogP contribution in [0.1, 0.15) is 74.7 Å². The van der Waals surface area contributed by atoms with Crippen LogP contribution in [0, 0.1) is 17.8 Å². The number of carbonyl (C=O) groups is 3. The number of hydrogen-bond acceptors (Lipinski definition) is 11. The monoisotopic (exact) mass is 639 g/mol. The lowest BCUT2D eigenvalue weighted by molar-refractivity contribution is -0.296. The minimum Gasteiger partial charge on any atom is -0.458 e. The Morgan fingerprint density at radius 3 is 2.40 bits per heavy atom. The molecule has 3 heterocycles. The van der Waals surface area contributed by atoms with E-state index >= 15 is 0 Å². The lowest BCUT2D eigenvalue weighted by Gasteiger charge is -2.47. The lowest BCUT2D eigenvalue weighted by atomic mass is 9.78. The zero-order valence-electron chi connectivity index (χ0n) is 28.8. The van der Waals surface area contributed by atoms with E-state index in [2.05, 4.69) is 24.1 Å². The summed E-state index contributed by atoms with van der Waals surface area (Å²) in [6, 6.07) is -0.969. The molecular formula is C33H57N3O9. The second kappa shape index (κ2) is 15.2. The third kappa shape index (κ3) is 8.26. The topological polar surface area (TPSA) is 145 Å². The Morgan fingerprint density at radius 2 is 1.80 bits per heavy atom.